The zero-order valence-corrected chi connectivity index (χ0v) is 18.9. The van der Waals surface area contributed by atoms with Crippen molar-refractivity contribution < 1.29 is 9.21 Å². The first kappa shape index (κ1) is 20.4. The van der Waals surface area contributed by atoms with Crippen molar-refractivity contribution in [2.24, 2.45) is 0 Å². The van der Waals surface area contributed by atoms with Gasteiger partial charge in [-0.2, -0.15) is 0 Å². The van der Waals surface area contributed by atoms with E-state index in [1.54, 1.807) is 22.5 Å². The van der Waals surface area contributed by atoms with Crippen molar-refractivity contribution in [2.75, 3.05) is 4.90 Å². The summed E-state index contributed by atoms with van der Waals surface area (Å²) in [7, 11) is 0. The summed E-state index contributed by atoms with van der Waals surface area (Å²) in [6.45, 7) is 10.8. The lowest BCUT2D eigenvalue weighted by atomic mass is 9.97. The fraction of sp³-hybridized carbons (Fsp3) is 0.280. The number of rotatable bonds is 5. The molecule has 0 spiro atoms. The molecule has 2 aromatic heterocycles. The average Bonchev–Trinajstić information content (AvgIpc) is 3.32. The lowest BCUT2D eigenvalue weighted by molar-refractivity contribution is -0.118. The van der Waals surface area contributed by atoms with Crippen LogP contribution in [0.3, 0.4) is 0 Å². The highest BCUT2D eigenvalue weighted by atomic mass is 32.1. The van der Waals surface area contributed by atoms with Gasteiger partial charge in [-0.25, -0.2) is 4.98 Å². The van der Waals surface area contributed by atoms with Crippen LogP contribution >= 0.6 is 11.3 Å². The number of aromatic nitrogens is 1. The van der Waals surface area contributed by atoms with E-state index < -0.39 is 0 Å². The van der Waals surface area contributed by atoms with Crippen molar-refractivity contribution in [2.45, 2.75) is 47.6 Å². The molecule has 30 heavy (non-hydrogen) atoms. The summed E-state index contributed by atoms with van der Waals surface area (Å²) >= 11 is 1.55. The number of amides is 1. The fourth-order valence-corrected chi connectivity index (χ4v) is 4.90. The van der Waals surface area contributed by atoms with Crippen LogP contribution < -0.4 is 4.90 Å². The van der Waals surface area contributed by atoms with Gasteiger partial charge in [0.05, 0.1) is 29.4 Å². The molecule has 154 valence electrons. The molecule has 0 atom stereocenters. The third-order valence-corrected chi connectivity index (χ3v) is 6.63. The number of aryl methyl sites for hydroxylation is 5. The summed E-state index contributed by atoms with van der Waals surface area (Å²) in [6, 6.07) is 12.2. The number of fused-ring (bicyclic) bond motifs is 1. The van der Waals surface area contributed by atoms with E-state index in [1.807, 2.05) is 12.1 Å². The maximum Gasteiger partial charge on any atom is 0.233 e. The van der Waals surface area contributed by atoms with Crippen molar-refractivity contribution >= 4 is 32.6 Å². The molecule has 2 heterocycles. The zero-order chi connectivity index (χ0) is 21.4. The van der Waals surface area contributed by atoms with Gasteiger partial charge >= 0.3 is 0 Å². The third kappa shape index (κ3) is 4.03. The third-order valence-electron chi connectivity index (χ3n) is 5.59. The molecule has 0 saturated heterocycles. The van der Waals surface area contributed by atoms with Crippen LogP contribution in [0.1, 0.15) is 39.1 Å². The fourth-order valence-electron chi connectivity index (χ4n) is 3.84. The summed E-state index contributed by atoms with van der Waals surface area (Å²) in [5.74, 6) is 0.765. The Morgan fingerprint density at radius 3 is 2.37 bits per heavy atom. The largest absolute Gasteiger partial charge is 0.467 e. The Kier molecular flexibility index (Phi) is 5.48. The van der Waals surface area contributed by atoms with Gasteiger partial charge in [0.2, 0.25) is 5.91 Å². The van der Waals surface area contributed by atoms with Crippen molar-refractivity contribution in [1.29, 1.82) is 0 Å². The van der Waals surface area contributed by atoms with Crippen LogP contribution in [0.5, 0.6) is 0 Å². The summed E-state index contributed by atoms with van der Waals surface area (Å²) in [5, 5.41) is 0.707. The van der Waals surface area contributed by atoms with Crippen molar-refractivity contribution in [3.05, 3.63) is 81.8 Å². The lowest BCUT2D eigenvalue weighted by Crippen LogP contribution is -2.32. The number of hydrogen-bond acceptors (Lipinski definition) is 4. The van der Waals surface area contributed by atoms with Gasteiger partial charge in [-0.3, -0.25) is 9.69 Å². The highest BCUT2D eigenvalue weighted by molar-refractivity contribution is 7.22. The van der Waals surface area contributed by atoms with E-state index in [0.29, 0.717) is 18.1 Å². The molecule has 0 saturated carbocycles. The van der Waals surface area contributed by atoms with Crippen LogP contribution in [0.15, 0.2) is 47.1 Å². The van der Waals surface area contributed by atoms with E-state index in [0.717, 1.165) is 32.7 Å². The molecule has 0 bridgehead atoms. The predicted molar refractivity (Wildman–Crippen MR) is 123 cm³/mol. The maximum atomic E-state index is 13.5. The molecule has 4 rings (SSSR count). The molecule has 5 heteroatoms. The molecule has 4 aromatic rings. The second kappa shape index (κ2) is 8.07. The smallest absolute Gasteiger partial charge is 0.233 e. The molecular weight excluding hydrogens is 392 g/mol. The second-order valence-electron chi connectivity index (χ2n) is 8.01. The lowest BCUT2D eigenvalue weighted by Gasteiger charge is -2.20. The minimum absolute atomic E-state index is 0.0222. The Labute approximate surface area is 181 Å². The molecule has 0 fully saturated rings. The molecule has 0 aliphatic heterocycles. The van der Waals surface area contributed by atoms with Crippen molar-refractivity contribution in [1.82, 2.24) is 4.98 Å². The first-order valence-corrected chi connectivity index (χ1v) is 10.9. The van der Waals surface area contributed by atoms with Gasteiger partial charge in [0, 0.05) is 0 Å². The van der Waals surface area contributed by atoms with E-state index >= 15 is 0 Å². The molecule has 2 aromatic carbocycles. The number of anilines is 1. The normalized spacial score (nSPS) is 11.2. The van der Waals surface area contributed by atoms with Crippen molar-refractivity contribution in [3.63, 3.8) is 0 Å². The van der Waals surface area contributed by atoms with E-state index in [9.17, 15) is 4.79 Å². The van der Waals surface area contributed by atoms with Crippen LogP contribution in [0.2, 0.25) is 0 Å². The first-order chi connectivity index (χ1) is 14.3. The predicted octanol–water partition coefficient (Wildman–Crippen LogP) is 6.21. The molecule has 0 N–H and O–H groups in total. The maximum absolute atomic E-state index is 13.5. The SMILES string of the molecule is Cc1cc(C)c(CC(=O)N(Cc2ccco2)c2nc3cc(C)c(C)cc3s2)c(C)c1. The monoisotopic (exact) mass is 418 g/mol. The topological polar surface area (TPSA) is 46.3 Å². The summed E-state index contributed by atoms with van der Waals surface area (Å²) in [5.41, 5.74) is 7.96. The number of nitrogens with zero attached hydrogens (tertiary/aromatic N) is 2. The Morgan fingerprint density at radius 2 is 1.70 bits per heavy atom. The first-order valence-electron chi connectivity index (χ1n) is 10.1. The number of thiazole rings is 1. The Morgan fingerprint density at radius 1 is 1.00 bits per heavy atom. The van der Waals surface area contributed by atoms with Crippen molar-refractivity contribution in [3.8, 4) is 0 Å². The van der Waals surface area contributed by atoms with Gasteiger partial charge in [0.25, 0.3) is 0 Å². The molecular formula is C25H26N2O2S. The van der Waals surface area contributed by atoms with Crippen LogP contribution in [0.25, 0.3) is 10.2 Å². The number of carbonyl (C=O) groups excluding carboxylic acids is 1. The van der Waals surface area contributed by atoms with Crippen LogP contribution in [0, 0.1) is 34.6 Å². The second-order valence-corrected chi connectivity index (χ2v) is 9.02. The molecule has 1 amide bonds. The summed E-state index contributed by atoms with van der Waals surface area (Å²) in [6.07, 6.45) is 1.98. The molecule has 0 unspecified atom stereocenters. The van der Waals surface area contributed by atoms with Crippen LogP contribution in [0.4, 0.5) is 5.13 Å². The van der Waals surface area contributed by atoms with Gasteiger partial charge in [0.15, 0.2) is 5.13 Å². The van der Waals surface area contributed by atoms with Crippen LogP contribution in [-0.2, 0) is 17.8 Å². The van der Waals surface area contributed by atoms with Gasteiger partial charge in [0.1, 0.15) is 5.76 Å². The van der Waals surface area contributed by atoms with Gasteiger partial charge in [-0.1, -0.05) is 29.0 Å². The molecule has 4 nitrogen and oxygen atoms in total. The number of benzene rings is 2. The summed E-state index contributed by atoms with van der Waals surface area (Å²) < 4.78 is 6.64. The highest BCUT2D eigenvalue weighted by Crippen LogP contribution is 2.32. The zero-order valence-electron chi connectivity index (χ0n) is 18.1. The Balaban J connectivity index is 1.72. The Hall–Kier alpha value is -2.92. The van der Waals surface area contributed by atoms with Crippen LogP contribution in [-0.4, -0.2) is 10.9 Å². The molecule has 0 radical (unpaired) electrons. The standard InChI is InChI=1S/C25H26N2O2S/c1-15-9-18(4)21(19(5)10-15)13-24(28)27(14-20-7-6-8-29-20)25-26-22-11-16(2)17(3)12-23(22)30-25/h6-12H,13-14H2,1-5H3. The van der Waals surface area contributed by atoms with E-state index in [1.165, 1.54) is 16.7 Å². The van der Waals surface area contributed by atoms with E-state index in [4.69, 9.17) is 9.40 Å². The minimum Gasteiger partial charge on any atom is -0.467 e. The number of carbonyl (C=O) groups is 1. The molecule has 0 aliphatic carbocycles. The number of hydrogen-bond donors (Lipinski definition) is 0. The van der Waals surface area contributed by atoms with E-state index in [-0.39, 0.29) is 5.91 Å². The average molecular weight is 419 g/mol. The highest BCUT2D eigenvalue weighted by Gasteiger charge is 2.23. The van der Waals surface area contributed by atoms with Gasteiger partial charge in [-0.05, 0) is 86.7 Å². The minimum atomic E-state index is 0.0222. The van der Waals surface area contributed by atoms with E-state index in [2.05, 4.69) is 58.9 Å². The molecule has 0 aliphatic rings. The van der Waals surface area contributed by atoms with Gasteiger partial charge in [-0.15, -0.1) is 0 Å². The Bertz CT molecular complexity index is 1160. The quantitative estimate of drug-likeness (QED) is 0.387. The number of furan rings is 1. The summed E-state index contributed by atoms with van der Waals surface area (Å²) in [4.78, 5) is 20.0. The van der Waals surface area contributed by atoms with Gasteiger partial charge < -0.3 is 4.42 Å².